The number of rotatable bonds is 1. The maximum Gasteiger partial charge on any atom is 0.0897 e. The second-order valence-corrected chi connectivity index (χ2v) is 4.33. The molecule has 0 radical (unpaired) electrons. The Hall–Kier alpha value is -0.370. The first-order valence-electron chi connectivity index (χ1n) is 4.28. The van der Waals surface area contributed by atoms with E-state index in [4.69, 9.17) is 0 Å². The lowest BCUT2D eigenvalue weighted by Gasteiger charge is -2.02. The lowest BCUT2D eigenvalue weighted by Crippen LogP contribution is -1.91. The molecular formula is C9H13NS. The number of hydrogen-bond acceptors (Lipinski definition) is 2. The average molecular weight is 167 g/mol. The first-order chi connectivity index (χ1) is 5.36. The Labute approximate surface area is 71.5 Å². The van der Waals surface area contributed by atoms with Crippen molar-refractivity contribution in [1.29, 1.82) is 0 Å². The van der Waals surface area contributed by atoms with E-state index in [-0.39, 0.29) is 0 Å². The maximum absolute atomic E-state index is 4.51. The summed E-state index contributed by atoms with van der Waals surface area (Å²) < 4.78 is 0. The second-order valence-electron chi connectivity index (χ2n) is 3.27. The van der Waals surface area contributed by atoms with Crippen LogP contribution in [0.15, 0.2) is 5.38 Å². The molecule has 0 spiro atoms. The van der Waals surface area contributed by atoms with Crippen LogP contribution in [0.3, 0.4) is 0 Å². The Bertz CT molecular complexity index is 235. The molecule has 1 nitrogen and oxygen atoms in total. The van der Waals surface area contributed by atoms with Crippen molar-refractivity contribution in [3.63, 3.8) is 0 Å². The summed E-state index contributed by atoms with van der Waals surface area (Å²) in [7, 11) is 0. The van der Waals surface area contributed by atoms with Crippen LogP contribution in [-0.2, 0) is 0 Å². The SMILES string of the molecule is Cc1nc(C2CCCC2)cs1. The van der Waals surface area contributed by atoms with E-state index >= 15 is 0 Å². The van der Waals surface area contributed by atoms with Crippen molar-refractivity contribution in [3.8, 4) is 0 Å². The highest BCUT2D eigenvalue weighted by Crippen LogP contribution is 2.34. The van der Waals surface area contributed by atoms with Gasteiger partial charge in [-0.3, -0.25) is 0 Å². The number of aromatic nitrogens is 1. The number of aryl methyl sites for hydroxylation is 1. The minimum atomic E-state index is 0.792. The molecule has 0 saturated heterocycles. The van der Waals surface area contributed by atoms with Gasteiger partial charge in [-0.2, -0.15) is 0 Å². The highest BCUT2D eigenvalue weighted by atomic mass is 32.1. The fourth-order valence-corrected chi connectivity index (χ4v) is 2.48. The van der Waals surface area contributed by atoms with Crippen LogP contribution >= 0.6 is 11.3 Å². The van der Waals surface area contributed by atoms with Crippen molar-refractivity contribution in [3.05, 3.63) is 16.1 Å². The fourth-order valence-electron chi connectivity index (χ4n) is 1.79. The largest absolute Gasteiger partial charge is 0.246 e. The fraction of sp³-hybridized carbons (Fsp3) is 0.667. The zero-order valence-corrected chi connectivity index (χ0v) is 7.66. The lowest BCUT2D eigenvalue weighted by atomic mass is 10.1. The van der Waals surface area contributed by atoms with Gasteiger partial charge in [0.2, 0.25) is 0 Å². The van der Waals surface area contributed by atoms with E-state index in [1.807, 2.05) is 0 Å². The molecule has 0 N–H and O–H groups in total. The minimum Gasteiger partial charge on any atom is -0.246 e. The summed E-state index contributed by atoms with van der Waals surface area (Å²) in [6.45, 7) is 2.09. The van der Waals surface area contributed by atoms with Crippen LogP contribution in [0.4, 0.5) is 0 Å². The molecule has 0 amide bonds. The van der Waals surface area contributed by atoms with Crippen molar-refractivity contribution in [2.45, 2.75) is 38.5 Å². The quantitative estimate of drug-likeness (QED) is 0.626. The first kappa shape index (κ1) is 7.29. The zero-order chi connectivity index (χ0) is 7.68. The molecule has 2 rings (SSSR count). The van der Waals surface area contributed by atoms with Crippen LogP contribution in [0.25, 0.3) is 0 Å². The van der Waals surface area contributed by atoms with E-state index in [0.717, 1.165) is 5.92 Å². The molecule has 60 valence electrons. The minimum absolute atomic E-state index is 0.792. The van der Waals surface area contributed by atoms with Crippen LogP contribution in [0, 0.1) is 6.92 Å². The van der Waals surface area contributed by atoms with Gasteiger partial charge in [0.1, 0.15) is 0 Å². The highest BCUT2D eigenvalue weighted by Gasteiger charge is 2.18. The molecule has 11 heavy (non-hydrogen) atoms. The molecular weight excluding hydrogens is 154 g/mol. The van der Waals surface area contributed by atoms with Gasteiger partial charge < -0.3 is 0 Å². The van der Waals surface area contributed by atoms with Gasteiger partial charge in [-0.1, -0.05) is 12.8 Å². The molecule has 0 aromatic carbocycles. The van der Waals surface area contributed by atoms with Crippen molar-refractivity contribution < 1.29 is 0 Å². The van der Waals surface area contributed by atoms with E-state index in [0.29, 0.717) is 0 Å². The van der Waals surface area contributed by atoms with Crippen LogP contribution < -0.4 is 0 Å². The van der Waals surface area contributed by atoms with E-state index in [1.54, 1.807) is 11.3 Å². The Morgan fingerprint density at radius 1 is 1.45 bits per heavy atom. The molecule has 0 unspecified atom stereocenters. The summed E-state index contributed by atoms with van der Waals surface area (Å²) in [5, 5.41) is 3.44. The van der Waals surface area contributed by atoms with E-state index in [9.17, 15) is 0 Å². The Kier molecular flexibility index (Phi) is 1.95. The molecule has 1 fully saturated rings. The van der Waals surface area contributed by atoms with Gasteiger partial charge in [-0.15, -0.1) is 11.3 Å². The molecule has 1 heterocycles. The second kappa shape index (κ2) is 2.94. The van der Waals surface area contributed by atoms with Crippen molar-refractivity contribution in [2.24, 2.45) is 0 Å². The van der Waals surface area contributed by atoms with Gasteiger partial charge in [0.25, 0.3) is 0 Å². The molecule has 0 aliphatic heterocycles. The summed E-state index contributed by atoms with van der Waals surface area (Å²) in [5.74, 6) is 0.792. The predicted molar refractivity (Wildman–Crippen MR) is 48.1 cm³/mol. The first-order valence-corrected chi connectivity index (χ1v) is 5.16. The smallest absolute Gasteiger partial charge is 0.0897 e. The van der Waals surface area contributed by atoms with Gasteiger partial charge in [0, 0.05) is 11.3 Å². The molecule has 1 saturated carbocycles. The summed E-state index contributed by atoms with van der Waals surface area (Å²) in [6, 6.07) is 0. The van der Waals surface area contributed by atoms with Crippen molar-refractivity contribution in [1.82, 2.24) is 4.98 Å². The van der Waals surface area contributed by atoms with Gasteiger partial charge in [-0.25, -0.2) is 4.98 Å². The van der Waals surface area contributed by atoms with Crippen molar-refractivity contribution in [2.75, 3.05) is 0 Å². The molecule has 2 heteroatoms. The van der Waals surface area contributed by atoms with Crippen LogP contribution in [-0.4, -0.2) is 4.98 Å². The van der Waals surface area contributed by atoms with Crippen LogP contribution in [0.1, 0.15) is 42.3 Å². The highest BCUT2D eigenvalue weighted by molar-refractivity contribution is 7.09. The monoisotopic (exact) mass is 167 g/mol. The predicted octanol–water partition coefficient (Wildman–Crippen LogP) is 3.11. The summed E-state index contributed by atoms with van der Waals surface area (Å²) in [4.78, 5) is 4.51. The molecule has 1 aromatic rings. The number of nitrogens with zero attached hydrogens (tertiary/aromatic N) is 1. The third-order valence-electron chi connectivity index (χ3n) is 2.41. The van der Waals surface area contributed by atoms with Gasteiger partial charge in [0.15, 0.2) is 0 Å². The van der Waals surface area contributed by atoms with E-state index < -0.39 is 0 Å². The molecule has 1 aromatic heterocycles. The normalized spacial score (nSPS) is 19.4. The van der Waals surface area contributed by atoms with Gasteiger partial charge >= 0.3 is 0 Å². The third kappa shape index (κ3) is 1.45. The van der Waals surface area contributed by atoms with Crippen LogP contribution in [0.2, 0.25) is 0 Å². The maximum atomic E-state index is 4.51. The summed E-state index contributed by atoms with van der Waals surface area (Å²) in [6.07, 6.45) is 5.54. The molecule has 0 atom stereocenters. The molecule has 1 aliphatic carbocycles. The van der Waals surface area contributed by atoms with E-state index in [2.05, 4.69) is 17.3 Å². The summed E-state index contributed by atoms with van der Waals surface area (Å²) >= 11 is 1.78. The van der Waals surface area contributed by atoms with Gasteiger partial charge in [0.05, 0.1) is 10.7 Å². The average Bonchev–Trinajstić information content (AvgIpc) is 2.55. The lowest BCUT2D eigenvalue weighted by molar-refractivity contribution is 0.701. The number of thiazole rings is 1. The number of hydrogen-bond donors (Lipinski definition) is 0. The Morgan fingerprint density at radius 2 is 2.18 bits per heavy atom. The zero-order valence-electron chi connectivity index (χ0n) is 6.84. The topological polar surface area (TPSA) is 12.9 Å². The Balaban J connectivity index is 2.15. The standard InChI is InChI=1S/C9H13NS/c1-7-10-9(6-11-7)8-4-2-3-5-8/h6,8H,2-5H2,1H3. The Morgan fingerprint density at radius 3 is 2.73 bits per heavy atom. The third-order valence-corrected chi connectivity index (χ3v) is 3.20. The van der Waals surface area contributed by atoms with Gasteiger partial charge in [-0.05, 0) is 19.8 Å². The molecule has 1 aliphatic rings. The van der Waals surface area contributed by atoms with Crippen LogP contribution in [0.5, 0.6) is 0 Å². The van der Waals surface area contributed by atoms with Crippen molar-refractivity contribution >= 4 is 11.3 Å². The summed E-state index contributed by atoms with van der Waals surface area (Å²) in [5.41, 5.74) is 1.35. The van der Waals surface area contributed by atoms with E-state index in [1.165, 1.54) is 36.4 Å². The molecule has 0 bridgehead atoms.